The summed E-state index contributed by atoms with van der Waals surface area (Å²) in [5.74, 6) is 2.00. The molecule has 0 amide bonds. The van der Waals surface area contributed by atoms with E-state index in [1.54, 1.807) is 7.05 Å². The van der Waals surface area contributed by atoms with Gasteiger partial charge in [0.2, 0.25) is 0 Å². The molecule has 0 spiro atoms. The van der Waals surface area contributed by atoms with Crippen LogP contribution in [0.15, 0.2) is 15.6 Å². The van der Waals surface area contributed by atoms with Crippen LogP contribution in [0.5, 0.6) is 0 Å². The number of guanidine groups is 1. The number of aliphatic imine (C=N–C) groups is 1. The molecule has 7 heteroatoms. The maximum absolute atomic E-state index is 5.34. The van der Waals surface area contributed by atoms with Gasteiger partial charge < -0.3 is 20.1 Å². The Bertz CT molecular complexity index is 519. The third kappa shape index (κ3) is 5.49. The summed E-state index contributed by atoms with van der Waals surface area (Å²) in [6.45, 7) is 12.5. The van der Waals surface area contributed by atoms with Crippen molar-refractivity contribution in [2.75, 3.05) is 46.8 Å². The Morgan fingerprint density at radius 1 is 1.25 bits per heavy atom. The quantitative estimate of drug-likeness (QED) is 0.599. The van der Waals surface area contributed by atoms with Crippen molar-refractivity contribution in [3.05, 3.63) is 17.5 Å². The molecule has 0 saturated carbocycles. The van der Waals surface area contributed by atoms with Gasteiger partial charge in [0.05, 0.1) is 12.2 Å². The molecule has 1 aliphatic rings. The lowest BCUT2D eigenvalue weighted by Crippen LogP contribution is -2.52. The first-order valence-corrected chi connectivity index (χ1v) is 8.82. The molecule has 2 N–H and O–H groups in total. The zero-order chi connectivity index (χ0) is 17.5. The number of rotatable bonds is 6. The van der Waals surface area contributed by atoms with Crippen LogP contribution in [0.2, 0.25) is 0 Å². The number of nitrogens with zero attached hydrogens (tertiary/aromatic N) is 4. The fraction of sp³-hybridized carbons (Fsp3) is 0.765. The molecule has 1 aromatic heterocycles. The van der Waals surface area contributed by atoms with E-state index in [2.05, 4.69) is 58.4 Å². The minimum atomic E-state index is 0.379. The van der Waals surface area contributed by atoms with E-state index in [0.717, 1.165) is 50.1 Å². The van der Waals surface area contributed by atoms with Crippen molar-refractivity contribution in [2.45, 2.75) is 39.3 Å². The zero-order valence-corrected chi connectivity index (χ0v) is 15.7. The smallest absolute Gasteiger partial charge is 0.191 e. The first kappa shape index (κ1) is 18.7. The third-order valence-electron chi connectivity index (χ3n) is 4.55. The molecule has 2 heterocycles. The molecule has 0 radical (unpaired) electrons. The summed E-state index contributed by atoms with van der Waals surface area (Å²) in [5, 5.41) is 10.8. The molecule has 1 unspecified atom stereocenters. The van der Waals surface area contributed by atoms with E-state index in [1.165, 1.54) is 0 Å². The highest BCUT2D eigenvalue weighted by molar-refractivity contribution is 5.79. The minimum absolute atomic E-state index is 0.379. The monoisotopic (exact) mass is 336 g/mol. The van der Waals surface area contributed by atoms with Crippen LogP contribution in [0, 0.1) is 0 Å². The Balaban J connectivity index is 1.73. The first-order valence-electron chi connectivity index (χ1n) is 8.82. The van der Waals surface area contributed by atoms with Gasteiger partial charge >= 0.3 is 0 Å². The van der Waals surface area contributed by atoms with Crippen LogP contribution in [-0.4, -0.2) is 73.8 Å². The van der Waals surface area contributed by atoms with Crippen LogP contribution in [0.3, 0.4) is 0 Å². The standard InChI is InChI=1S/C17H32N6O/c1-13(2)16-10-15(24-21-16)12-20-17(18-4)19-11-14(3)23-8-6-22(5)7-9-23/h10,13-14H,6-9,11-12H2,1-5H3,(H2,18,19,20). The maximum atomic E-state index is 5.34. The number of hydrogen-bond donors (Lipinski definition) is 2. The second kappa shape index (κ2) is 9.03. The molecule has 0 bridgehead atoms. The average Bonchev–Trinajstić information content (AvgIpc) is 3.04. The molecular weight excluding hydrogens is 304 g/mol. The molecule has 0 aliphatic carbocycles. The van der Waals surface area contributed by atoms with Crippen molar-refractivity contribution in [1.82, 2.24) is 25.6 Å². The van der Waals surface area contributed by atoms with Gasteiger partial charge in [-0.15, -0.1) is 0 Å². The van der Waals surface area contributed by atoms with Crippen LogP contribution < -0.4 is 10.6 Å². The second-order valence-electron chi connectivity index (χ2n) is 6.87. The van der Waals surface area contributed by atoms with Gasteiger partial charge in [-0.05, 0) is 19.9 Å². The van der Waals surface area contributed by atoms with Gasteiger partial charge in [-0.2, -0.15) is 0 Å². The summed E-state index contributed by atoms with van der Waals surface area (Å²) in [6, 6.07) is 2.48. The lowest BCUT2D eigenvalue weighted by Gasteiger charge is -2.36. The summed E-state index contributed by atoms with van der Waals surface area (Å²) in [4.78, 5) is 9.17. The SMILES string of the molecule is CN=C(NCc1cc(C(C)C)no1)NCC(C)N1CCN(C)CC1. The zero-order valence-electron chi connectivity index (χ0n) is 15.7. The van der Waals surface area contributed by atoms with E-state index in [9.17, 15) is 0 Å². The van der Waals surface area contributed by atoms with Gasteiger partial charge in [0.15, 0.2) is 11.7 Å². The highest BCUT2D eigenvalue weighted by atomic mass is 16.5. The molecule has 1 saturated heterocycles. The van der Waals surface area contributed by atoms with Gasteiger partial charge in [-0.3, -0.25) is 9.89 Å². The summed E-state index contributed by atoms with van der Waals surface area (Å²) in [5.41, 5.74) is 0.985. The Hall–Kier alpha value is -1.60. The molecule has 1 atom stereocenters. The van der Waals surface area contributed by atoms with Crippen LogP contribution in [-0.2, 0) is 6.54 Å². The van der Waals surface area contributed by atoms with Gasteiger partial charge in [0.25, 0.3) is 0 Å². The summed E-state index contributed by atoms with van der Waals surface area (Å²) < 4.78 is 5.34. The molecule has 136 valence electrons. The molecule has 0 aromatic carbocycles. The van der Waals surface area contributed by atoms with E-state index in [1.807, 2.05) is 6.07 Å². The maximum Gasteiger partial charge on any atom is 0.191 e. The van der Waals surface area contributed by atoms with Crippen molar-refractivity contribution in [1.29, 1.82) is 0 Å². The predicted molar refractivity (Wildman–Crippen MR) is 97.3 cm³/mol. The molecule has 2 rings (SSSR count). The average molecular weight is 336 g/mol. The second-order valence-corrected chi connectivity index (χ2v) is 6.87. The van der Waals surface area contributed by atoms with Crippen LogP contribution >= 0.6 is 0 Å². The number of likely N-dealkylation sites (N-methyl/N-ethyl adjacent to an activating group) is 1. The largest absolute Gasteiger partial charge is 0.359 e. The van der Waals surface area contributed by atoms with Gasteiger partial charge in [-0.1, -0.05) is 19.0 Å². The number of aromatic nitrogens is 1. The fourth-order valence-corrected chi connectivity index (χ4v) is 2.71. The van der Waals surface area contributed by atoms with Crippen molar-refractivity contribution < 1.29 is 4.52 Å². The van der Waals surface area contributed by atoms with E-state index in [4.69, 9.17) is 4.52 Å². The topological polar surface area (TPSA) is 68.9 Å². The van der Waals surface area contributed by atoms with Crippen LogP contribution in [0.1, 0.15) is 38.1 Å². The van der Waals surface area contributed by atoms with Crippen LogP contribution in [0.25, 0.3) is 0 Å². The highest BCUT2D eigenvalue weighted by Crippen LogP contribution is 2.13. The number of hydrogen-bond acceptors (Lipinski definition) is 5. The van der Waals surface area contributed by atoms with Crippen molar-refractivity contribution >= 4 is 5.96 Å². The Morgan fingerprint density at radius 3 is 2.54 bits per heavy atom. The Morgan fingerprint density at radius 2 is 1.96 bits per heavy atom. The Labute approximate surface area is 145 Å². The number of piperazine rings is 1. The lowest BCUT2D eigenvalue weighted by molar-refractivity contribution is 0.120. The molecule has 7 nitrogen and oxygen atoms in total. The third-order valence-corrected chi connectivity index (χ3v) is 4.55. The van der Waals surface area contributed by atoms with Gasteiger partial charge in [0, 0.05) is 51.9 Å². The van der Waals surface area contributed by atoms with E-state index in [-0.39, 0.29) is 0 Å². The van der Waals surface area contributed by atoms with Gasteiger partial charge in [0.1, 0.15) is 0 Å². The van der Waals surface area contributed by atoms with E-state index >= 15 is 0 Å². The Kier molecular flexibility index (Phi) is 7.05. The van der Waals surface area contributed by atoms with Crippen molar-refractivity contribution in [2.24, 2.45) is 4.99 Å². The number of nitrogens with one attached hydrogen (secondary N) is 2. The normalized spacial score (nSPS) is 18.8. The predicted octanol–water partition coefficient (Wildman–Crippen LogP) is 1.10. The first-order chi connectivity index (χ1) is 11.5. The minimum Gasteiger partial charge on any atom is -0.359 e. The van der Waals surface area contributed by atoms with Crippen molar-refractivity contribution in [3.8, 4) is 0 Å². The van der Waals surface area contributed by atoms with E-state index < -0.39 is 0 Å². The summed E-state index contributed by atoms with van der Waals surface area (Å²) in [6.07, 6.45) is 0. The van der Waals surface area contributed by atoms with E-state index in [0.29, 0.717) is 18.5 Å². The molecule has 1 fully saturated rings. The molecule has 1 aliphatic heterocycles. The highest BCUT2D eigenvalue weighted by Gasteiger charge is 2.19. The molecule has 24 heavy (non-hydrogen) atoms. The van der Waals surface area contributed by atoms with Crippen molar-refractivity contribution in [3.63, 3.8) is 0 Å². The molecule has 1 aromatic rings. The fourth-order valence-electron chi connectivity index (χ4n) is 2.71. The summed E-state index contributed by atoms with van der Waals surface area (Å²) >= 11 is 0. The van der Waals surface area contributed by atoms with Crippen LogP contribution in [0.4, 0.5) is 0 Å². The lowest BCUT2D eigenvalue weighted by atomic mass is 10.1. The summed E-state index contributed by atoms with van der Waals surface area (Å²) in [7, 11) is 3.97. The molecular formula is C17H32N6O. The van der Waals surface area contributed by atoms with Gasteiger partial charge in [-0.25, -0.2) is 0 Å².